The second-order valence-corrected chi connectivity index (χ2v) is 4.27. The maximum atomic E-state index is 12.9. The largest absolute Gasteiger partial charge is 0.386 e. The molecular weight excluding hydrogens is 214 g/mol. The minimum Gasteiger partial charge on any atom is -0.386 e. The molecule has 0 aromatic carbocycles. The van der Waals surface area contributed by atoms with Crippen molar-refractivity contribution in [3.8, 4) is 0 Å². The molecule has 1 saturated carbocycles. The van der Waals surface area contributed by atoms with Gasteiger partial charge in [0.15, 0.2) is 0 Å². The fourth-order valence-corrected chi connectivity index (χ4v) is 2.08. The summed E-state index contributed by atoms with van der Waals surface area (Å²) in [4.78, 5) is 7.85. The minimum atomic E-state index is -2.56. The van der Waals surface area contributed by atoms with Crippen LogP contribution in [-0.4, -0.2) is 21.0 Å². The monoisotopic (exact) mass is 228 g/mol. The zero-order chi connectivity index (χ0) is 11.6. The summed E-state index contributed by atoms with van der Waals surface area (Å²) in [7, 11) is 0. The van der Waals surface area contributed by atoms with Crippen molar-refractivity contribution in [1.82, 2.24) is 9.97 Å². The molecule has 1 N–H and O–H groups in total. The lowest BCUT2D eigenvalue weighted by molar-refractivity contribution is -0.0632. The Hall–Kier alpha value is -1.10. The highest BCUT2D eigenvalue weighted by molar-refractivity contribution is 5.01. The van der Waals surface area contributed by atoms with E-state index in [0.717, 1.165) is 0 Å². The van der Waals surface area contributed by atoms with Gasteiger partial charge in [-0.3, -0.25) is 9.97 Å². The summed E-state index contributed by atoms with van der Waals surface area (Å²) in [6, 6.07) is 0. The van der Waals surface area contributed by atoms with Crippen molar-refractivity contribution in [1.29, 1.82) is 0 Å². The first-order valence-electron chi connectivity index (χ1n) is 5.40. The van der Waals surface area contributed by atoms with E-state index in [-0.39, 0.29) is 18.8 Å². The Morgan fingerprint density at radius 2 is 2.00 bits per heavy atom. The van der Waals surface area contributed by atoms with Crippen LogP contribution >= 0.6 is 0 Å². The van der Waals surface area contributed by atoms with E-state index < -0.39 is 12.0 Å². The molecular formula is C11H14F2N2O. The quantitative estimate of drug-likeness (QED) is 0.845. The van der Waals surface area contributed by atoms with Gasteiger partial charge in [0.2, 0.25) is 5.92 Å². The van der Waals surface area contributed by atoms with Crippen LogP contribution in [0, 0.1) is 5.92 Å². The zero-order valence-electron chi connectivity index (χ0n) is 8.81. The highest BCUT2D eigenvalue weighted by atomic mass is 19.3. The molecule has 1 aromatic rings. The summed E-state index contributed by atoms with van der Waals surface area (Å²) in [5.41, 5.74) is 0.470. The normalized spacial score (nSPS) is 22.9. The molecule has 1 atom stereocenters. The second-order valence-electron chi connectivity index (χ2n) is 4.27. The Kier molecular flexibility index (Phi) is 3.14. The number of aliphatic hydroxyl groups is 1. The third-order valence-electron chi connectivity index (χ3n) is 3.09. The van der Waals surface area contributed by atoms with Crippen LogP contribution in [0.3, 0.4) is 0 Å². The number of rotatable bonds is 2. The summed E-state index contributed by atoms with van der Waals surface area (Å²) < 4.78 is 25.9. The molecule has 5 heteroatoms. The first-order valence-corrected chi connectivity index (χ1v) is 5.40. The molecule has 0 bridgehead atoms. The Bertz CT molecular complexity index is 335. The van der Waals surface area contributed by atoms with Gasteiger partial charge in [0.25, 0.3) is 0 Å². The van der Waals surface area contributed by atoms with E-state index in [1.165, 1.54) is 18.6 Å². The topological polar surface area (TPSA) is 46.0 Å². The van der Waals surface area contributed by atoms with Gasteiger partial charge >= 0.3 is 0 Å². The van der Waals surface area contributed by atoms with Crippen molar-refractivity contribution < 1.29 is 13.9 Å². The maximum absolute atomic E-state index is 12.9. The van der Waals surface area contributed by atoms with Crippen molar-refractivity contribution in [2.24, 2.45) is 5.92 Å². The minimum absolute atomic E-state index is 0.128. The van der Waals surface area contributed by atoms with E-state index >= 15 is 0 Å². The molecule has 0 amide bonds. The first kappa shape index (κ1) is 11.4. The van der Waals surface area contributed by atoms with Gasteiger partial charge in [-0.15, -0.1) is 0 Å². The molecule has 0 radical (unpaired) electrons. The Balaban J connectivity index is 2.00. The predicted octanol–water partition coefficient (Wildman–Crippen LogP) is 2.34. The average molecular weight is 228 g/mol. The maximum Gasteiger partial charge on any atom is 0.248 e. The van der Waals surface area contributed by atoms with Crippen LogP contribution in [-0.2, 0) is 0 Å². The van der Waals surface area contributed by atoms with Gasteiger partial charge in [0.1, 0.15) is 6.10 Å². The molecule has 1 heterocycles. The molecule has 1 aliphatic rings. The zero-order valence-corrected chi connectivity index (χ0v) is 8.81. The number of alkyl halides is 2. The van der Waals surface area contributed by atoms with Crippen LogP contribution in [0.1, 0.15) is 37.5 Å². The Morgan fingerprint density at radius 3 is 2.56 bits per heavy atom. The number of aromatic nitrogens is 2. The van der Waals surface area contributed by atoms with E-state index in [1.807, 2.05) is 0 Å². The molecule has 0 saturated heterocycles. The summed E-state index contributed by atoms with van der Waals surface area (Å²) in [6.45, 7) is 0. The molecule has 3 nitrogen and oxygen atoms in total. The van der Waals surface area contributed by atoms with E-state index in [9.17, 15) is 13.9 Å². The Morgan fingerprint density at radius 1 is 1.31 bits per heavy atom. The lowest BCUT2D eigenvalue weighted by atomic mass is 9.82. The van der Waals surface area contributed by atoms with Crippen molar-refractivity contribution in [3.05, 3.63) is 24.3 Å². The van der Waals surface area contributed by atoms with Crippen molar-refractivity contribution >= 4 is 0 Å². The van der Waals surface area contributed by atoms with E-state index in [2.05, 4.69) is 9.97 Å². The molecule has 1 unspecified atom stereocenters. The Labute approximate surface area is 92.5 Å². The third kappa shape index (κ3) is 2.52. The van der Waals surface area contributed by atoms with Gasteiger partial charge in [-0.2, -0.15) is 0 Å². The van der Waals surface area contributed by atoms with Crippen LogP contribution in [0.15, 0.2) is 18.6 Å². The fraction of sp³-hybridized carbons (Fsp3) is 0.636. The van der Waals surface area contributed by atoms with Gasteiger partial charge in [-0.1, -0.05) is 0 Å². The molecule has 0 spiro atoms. The molecule has 0 aliphatic heterocycles. The smallest absolute Gasteiger partial charge is 0.248 e. The summed E-state index contributed by atoms with van der Waals surface area (Å²) in [6.07, 6.45) is 4.11. The highest BCUT2D eigenvalue weighted by Gasteiger charge is 2.37. The van der Waals surface area contributed by atoms with Crippen molar-refractivity contribution in [3.63, 3.8) is 0 Å². The van der Waals surface area contributed by atoms with E-state index in [4.69, 9.17) is 0 Å². The second kappa shape index (κ2) is 4.41. The standard InChI is InChI=1S/C11H14F2N2O/c12-11(13)3-1-8(2-4-11)10(16)9-7-14-5-6-15-9/h5-8,10,16H,1-4H2. The average Bonchev–Trinajstić information content (AvgIpc) is 2.29. The molecule has 1 aliphatic carbocycles. The number of hydrogen-bond acceptors (Lipinski definition) is 3. The van der Waals surface area contributed by atoms with Gasteiger partial charge < -0.3 is 5.11 Å². The lowest BCUT2D eigenvalue weighted by Crippen LogP contribution is -2.28. The summed E-state index contributed by atoms with van der Waals surface area (Å²) in [5.74, 6) is -2.69. The van der Waals surface area contributed by atoms with Gasteiger partial charge in [0.05, 0.1) is 11.9 Å². The first-order chi connectivity index (χ1) is 7.58. The van der Waals surface area contributed by atoms with E-state index in [1.54, 1.807) is 0 Å². The molecule has 1 fully saturated rings. The van der Waals surface area contributed by atoms with Crippen LogP contribution < -0.4 is 0 Å². The van der Waals surface area contributed by atoms with Gasteiger partial charge in [-0.25, -0.2) is 8.78 Å². The molecule has 88 valence electrons. The summed E-state index contributed by atoms with van der Waals surface area (Å²) in [5, 5.41) is 9.97. The fourth-order valence-electron chi connectivity index (χ4n) is 2.08. The molecule has 2 rings (SSSR count). The summed E-state index contributed by atoms with van der Waals surface area (Å²) >= 11 is 0. The highest BCUT2D eigenvalue weighted by Crippen LogP contribution is 2.40. The third-order valence-corrected chi connectivity index (χ3v) is 3.09. The lowest BCUT2D eigenvalue weighted by Gasteiger charge is -2.30. The van der Waals surface area contributed by atoms with Crippen LogP contribution in [0.4, 0.5) is 8.78 Å². The van der Waals surface area contributed by atoms with Crippen molar-refractivity contribution in [2.45, 2.75) is 37.7 Å². The van der Waals surface area contributed by atoms with Crippen LogP contribution in [0.2, 0.25) is 0 Å². The van der Waals surface area contributed by atoms with Crippen LogP contribution in [0.25, 0.3) is 0 Å². The molecule has 1 aromatic heterocycles. The van der Waals surface area contributed by atoms with Gasteiger partial charge in [-0.05, 0) is 18.8 Å². The molecule has 16 heavy (non-hydrogen) atoms. The number of halogens is 2. The van der Waals surface area contributed by atoms with Crippen LogP contribution in [0.5, 0.6) is 0 Å². The SMILES string of the molecule is OC(c1cnccn1)C1CCC(F)(F)CC1. The van der Waals surface area contributed by atoms with Crippen molar-refractivity contribution in [2.75, 3.05) is 0 Å². The predicted molar refractivity (Wildman–Crippen MR) is 53.9 cm³/mol. The number of hydrogen-bond donors (Lipinski definition) is 1. The number of aliphatic hydroxyl groups excluding tert-OH is 1. The van der Waals surface area contributed by atoms with E-state index in [0.29, 0.717) is 18.5 Å². The number of nitrogens with zero attached hydrogens (tertiary/aromatic N) is 2. The van der Waals surface area contributed by atoms with Gasteiger partial charge in [0, 0.05) is 25.2 Å².